The van der Waals surface area contributed by atoms with Crippen LogP contribution in [0.5, 0.6) is 0 Å². The van der Waals surface area contributed by atoms with E-state index in [1.54, 1.807) is 24.1 Å². The van der Waals surface area contributed by atoms with Gasteiger partial charge in [-0.2, -0.15) is 13.2 Å². The standard InChI is InChI=1S/C36H43F4N5O4/c1-23-14-25(31(37)17-33(23)42-35(48)30-18-41-32-5-3-2-4-29(30)32)15-34(47)45-19-26(44-12-10-43(11-13-44)22-36(38,39)40)16-27(45)21-49-28-8-6-24(20-46)7-9-28/h2-5,14,17-18,20,24,26-28,41H,6-13,15-16,19,21-22H2,1H3,(H,42,48)/t24?,26-,27-,28?/m0/s1. The summed E-state index contributed by atoms with van der Waals surface area (Å²) in [6, 6.07) is 9.90. The van der Waals surface area contributed by atoms with E-state index >= 15 is 4.39 Å². The van der Waals surface area contributed by atoms with Gasteiger partial charge in [-0.05, 0) is 62.3 Å². The number of benzene rings is 2. The number of aromatic nitrogens is 1. The average Bonchev–Trinajstić information content (AvgIpc) is 3.71. The van der Waals surface area contributed by atoms with Crippen molar-refractivity contribution in [3.05, 3.63) is 65.1 Å². The number of alkyl halides is 3. The van der Waals surface area contributed by atoms with E-state index in [2.05, 4.69) is 15.2 Å². The summed E-state index contributed by atoms with van der Waals surface area (Å²) in [5.41, 5.74) is 2.38. The van der Waals surface area contributed by atoms with Crippen molar-refractivity contribution >= 4 is 34.7 Å². The molecule has 0 unspecified atom stereocenters. The number of rotatable bonds is 10. The molecule has 2 atom stereocenters. The van der Waals surface area contributed by atoms with Crippen LogP contribution in [0.25, 0.3) is 10.9 Å². The van der Waals surface area contributed by atoms with E-state index in [-0.39, 0.29) is 47.9 Å². The molecule has 0 radical (unpaired) electrons. The van der Waals surface area contributed by atoms with E-state index in [1.807, 2.05) is 24.3 Å². The van der Waals surface area contributed by atoms with Crippen LogP contribution in [0.1, 0.15) is 53.6 Å². The number of piperazine rings is 1. The van der Waals surface area contributed by atoms with Crippen molar-refractivity contribution in [1.82, 2.24) is 19.7 Å². The van der Waals surface area contributed by atoms with E-state index in [4.69, 9.17) is 4.74 Å². The quantitative estimate of drug-likeness (QED) is 0.221. The number of para-hydroxylation sites is 1. The molecule has 2 N–H and O–H groups in total. The van der Waals surface area contributed by atoms with Crippen LogP contribution in [0.15, 0.2) is 42.6 Å². The Balaban J connectivity index is 1.12. The van der Waals surface area contributed by atoms with Gasteiger partial charge in [-0.25, -0.2) is 4.39 Å². The number of amides is 2. The first-order chi connectivity index (χ1) is 23.5. The molecule has 0 spiro atoms. The van der Waals surface area contributed by atoms with Crippen molar-refractivity contribution in [2.45, 2.75) is 69.8 Å². The van der Waals surface area contributed by atoms with Crippen LogP contribution in [0.2, 0.25) is 0 Å². The molecule has 3 aromatic rings. The molecule has 264 valence electrons. The second kappa shape index (κ2) is 15.0. The molecule has 0 bridgehead atoms. The number of hydrogen-bond acceptors (Lipinski definition) is 6. The van der Waals surface area contributed by atoms with Crippen LogP contribution < -0.4 is 5.32 Å². The van der Waals surface area contributed by atoms with E-state index in [0.29, 0.717) is 62.6 Å². The third kappa shape index (κ3) is 8.50. The second-order valence-electron chi connectivity index (χ2n) is 13.7. The second-order valence-corrected chi connectivity index (χ2v) is 13.7. The van der Waals surface area contributed by atoms with E-state index < -0.39 is 18.5 Å². The third-order valence-corrected chi connectivity index (χ3v) is 10.3. The molecule has 6 rings (SSSR count). The lowest BCUT2D eigenvalue weighted by atomic mass is 9.88. The van der Waals surface area contributed by atoms with E-state index in [0.717, 1.165) is 42.9 Å². The van der Waals surface area contributed by atoms with Crippen LogP contribution in [0.3, 0.4) is 0 Å². The Morgan fingerprint density at radius 3 is 2.51 bits per heavy atom. The fourth-order valence-electron chi connectivity index (χ4n) is 7.52. The summed E-state index contributed by atoms with van der Waals surface area (Å²) in [7, 11) is 0. The Kier molecular flexibility index (Phi) is 10.7. The predicted molar refractivity (Wildman–Crippen MR) is 177 cm³/mol. The first-order valence-corrected chi connectivity index (χ1v) is 17.0. The molecule has 49 heavy (non-hydrogen) atoms. The molecule has 13 heteroatoms. The lowest BCUT2D eigenvalue weighted by Crippen LogP contribution is -2.52. The van der Waals surface area contributed by atoms with Crippen LogP contribution in [-0.4, -0.2) is 108 Å². The first kappa shape index (κ1) is 35.0. The number of ether oxygens (including phenoxy) is 1. The molecular formula is C36H43F4N5O4. The normalized spacial score (nSPS) is 24.0. The monoisotopic (exact) mass is 685 g/mol. The number of carbonyl (C=O) groups is 3. The van der Waals surface area contributed by atoms with Crippen molar-refractivity contribution in [2.75, 3.05) is 51.2 Å². The van der Waals surface area contributed by atoms with Gasteiger partial charge in [0.25, 0.3) is 5.91 Å². The summed E-state index contributed by atoms with van der Waals surface area (Å²) in [6.45, 7) is 3.00. The summed E-state index contributed by atoms with van der Waals surface area (Å²) >= 11 is 0. The van der Waals surface area contributed by atoms with Crippen molar-refractivity contribution in [3.8, 4) is 0 Å². The van der Waals surface area contributed by atoms with Crippen LogP contribution in [-0.2, 0) is 20.7 Å². The van der Waals surface area contributed by atoms with Gasteiger partial charge in [0.1, 0.15) is 12.1 Å². The average molecular weight is 686 g/mol. The number of aromatic amines is 1. The lowest BCUT2D eigenvalue weighted by molar-refractivity contribution is -0.150. The van der Waals surface area contributed by atoms with Crippen LogP contribution >= 0.6 is 0 Å². The Morgan fingerprint density at radius 2 is 1.80 bits per heavy atom. The molecular weight excluding hydrogens is 642 g/mol. The van der Waals surface area contributed by atoms with Crippen molar-refractivity contribution < 1.29 is 36.7 Å². The topological polar surface area (TPSA) is 98.0 Å². The van der Waals surface area contributed by atoms with E-state index in [1.165, 1.54) is 11.0 Å². The van der Waals surface area contributed by atoms with Crippen molar-refractivity contribution in [3.63, 3.8) is 0 Å². The van der Waals surface area contributed by atoms with Gasteiger partial charge in [0.2, 0.25) is 5.91 Å². The smallest absolute Gasteiger partial charge is 0.376 e. The van der Waals surface area contributed by atoms with E-state index in [9.17, 15) is 27.6 Å². The molecule has 2 aromatic carbocycles. The Hall–Kier alpha value is -3.81. The van der Waals surface area contributed by atoms with Gasteiger partial charge in [0.05, 0.1) is 37.3 Å². The third-order valence-electron chi connectivity index (χ3n) is 10.3. The number of H-pyrrole nitrogens is 1. The zero-order valence-corrected chi connectivity index (χ0v) is 27.6. The Bertz CT molecular complexity index is 1650. The number of nitrogens with one attached hydrogen (secondary N) is 2. The maximum Gasteiger partial charge on any atom is 0.401 e. The molecule has 1 aromatic heterocycles. The zero-order valence-electron chi connectivity index (χ0n) is 27.6. The maximum absolute atomic E-state index is 15.5. The predicted octanol–water partition coefficient (Wildman–Crippen LogP) is 5.33. The molecule has 2 aliphatic heterocycles. The molecule has 9 nitrogen and oxygen atoms in total. The summed E-state index contributed by atoms with van der Waals surface area (Å²) in [6.07, 6.45) is 1.84. The summed E-state index contributed by atoms with van der Waals surface area (Å²) in [5, 5.41) is 3.55. The number of halogens is 4. The largest absolute Gasteiger partial charge is 0.401 e. The van der Waals surface area contributed by atoms with Gasteiger partial charge in [-0.3, -0.25) is 19.4 Å². The molecule has 2 saturated heterocycles. The number of hydrogen-bond donors (Lipinski definition) is 2. The van der Waals surface area contributed by atoms with Crippen LogP contribution in [0, 0.1) is 18.7 Å². The summed E-state index contributed by atoms with van der Waals surface area (Å²) < 4.78 is 60.7. The van der Waals surface area contributed by atoms with Crippen molar-refractivity contribution in [2.24, 2.45) is 5.92 Å². The molecule has 1 saturated carbocycles. The number of anilines is 1. The van der Waals surface area contributed by atoms with Crippen molar-refractivity contribution in [1.29, 1.82) is 0 Å². The van der Waals surface area contributed by atoms with Gasteiger partial charge in [0.15, 0.2) is 0 Å². The number of fused-ring (bicyclic) bond motifs is 1. The highest BCUT2D eigenvalue weighted by Crippen LogP contribution is 2.30. The molecule has 3 heterocycles. The first-order valence-electron chi connectivity index (χ1n) is 17.0. The van der Waals surface area contributed by atoms with Gasteiger partial charge < -0.3 is 24.7 Å². The van der Waals surface area contributed by atoms with Gasteiger partial charge in [0, 0.05) is 67.5 Å². The van der Waals surface area contributed by atoms with Gasteiger partial charge in [-0.1, -0.05) is 24.3 Å². The number of nitrogens with zero attached hydrogens (tertiary/aromatic N) is 3. The lowest BCUT2D eigenvalue weighted by Gasteiger charge is -2.38. The number of aryl methyl sites for hydroxylation is 1. The maximum atomic E-state index is 15.5. The van der Waals surface area contributed by atoms with Gasteiger partial charge >= 0.3 is 6.18 Å². The SMILES string of the molecule is Cc1cc(CC(=O)N2C[C@@H](N3CCN(CC(F)(F)F)CC3)C[C@H]2COC2CCC(C=O)CC2)c(F)cc1NC(=O)c1c[nH]c2ccccc12. The molecule has 1 aliphatic carbocycles. The fraction of sp³-hybridized carbons (Fsp3) is 0.528. The Morgan fingerprint density at radius 1 is 1.06 bits per heavy atom. The minimum absolute atomic E-state index is 0.00905. The minimum atomic E-state index is -4.25. The summed E-state index contributed by atoms with van der Waals surface area (Å²) in [4.78, 5) is 46.5. The highest BCUT2D eigenvalue weighted by Gasteiger charge is 2.40. The molecule has 3 fully saturated rings. The highest BCUT2D eigenvalue weighted by atomic mass is 19.4. The van der Waals surface area contributed by atoms with Gasteiger partial charge in [-0.15, -0.1) is 0 Å². The number of likely N-dealkylation sites (tertiary alicyclic amines) is 1. The van der Waals surface area contributed by atoms with Crippen LogP contribution in [0.4, 0.5) is 23.2 Å². The zero-order chi connectivity index (χ0) is 34.7. The summed E-state index contributed by atoms with van der Waals surface area (Å²) in [5.74, 6) is -1.19. The minimum Gasteiger partial charge on any atom is -0.376 e. The number of carbonyl (C=O) groups excluding carboxylic acids is 3. The fourth-order valence-corrected chi connectivity index (χ4v) is 7.52. The Labute approximate surface area is 282 Å². The molecule has 2 amide bonds. The molecule has 3 aliphatic rings. The highest BCUT2D eigenvalue weighted by molar-refractivity contribution is 6.13. The number of aldehydes is 1.